The molecule has 0 bridgehead atoms. The lowest BCUT2D eigenvalue weighted by atomic mass is 9.96. The number of guanidine groups is 1. The molecule has 0 unspecified atom stereocenters. The van der Waals surface area contributed by atoms with Crippen molar-refractivity contribution in [3.63, 3.8) is 0 Å². The van der Waals surface area contributed by atoms with Crippen molar-refractivity contribution in [2.24, 2.45) is 45.7 Å². The number of primary amides is 1. The van der Waals surface area contributed by atoms with Gasteiger partial charge in [-0.3, -0.25) is 43.3 Å². The van der Waals surface area contributed by atoms with Gasteiger partial charge < -0.3 is 59.9 Å². The Morgan fingerprint density at radius 1 is 0.678 bits per heavy atom. The summed E-state index contributed by atoms with van der Waals surface area (Å²) in [6.45, 7) is 10.3. The van der Waals surface area contributed by atoms with Crippen LogP contribution in [0.1, 0.15) is 85.6 Å². The van der Waals surface area contributed by atoms with Crippen LogP contribution in [0, 0.1) is 17.8 Å². The summed E-state index contributed by atoms with van der Waals surface area (Å²) in [6, 6.07) is 1.30. The molecule has 1 aromatic rings. The fourth-order valence-corrected chi connectivity index (χ4v) is 5.89. The minimum Gasteiger partial charge on any atom is -0.480 e. The van der Waals surface area contributed by atoms with Gasteiger partial charge >= 0.3 is 5.97 Å². The highest BCUT2D eigenvalue weighted by Crippen LogP contribution is 2.13. The van der Waals surface area contributed by atoms with Gasteiger partial charge in [-0.2, -0.15) is 0 Å². The molecule has 0 aliphatic rings. The number of amides is 7. The van der Waals surface area contributed by atoms with Crippen molar-refractivity contribution < 1.29 is 43.5 Å². The molecule has 0 aliphatic carbocycles. The van der Waals surface area contributed by atoms with Gasteiger partial charge in [0, 0.05) is 13.0 Å². The molecule has 0 spiro atoms. The van der Waals surface area contributed by atoms with Crippen molar-refractivity contribution in [2.75, 3.05) is 13.1 Å². The molecule has 0 heterocycles. The molecule has 20 heteroatoms. The van der Waals surface area contributed by atoms with Gasteiger partial charge in [-0.25, -0.2) is 0 Å². The van der Waals surface area contributed by atoms with E-state index in [1.165, 1.54) is 0 Å². The molecule has 0 aliphatic heterocycles. The van der Waals surface area contributed by atoms with E-state index in [4.69, 9.17) is 28.0 Å². The van der Waals surface area contributed by atoms with Gasteiger partial charge in [-0.1, -0.05) is 78.3 Å². The highest BCUT2D eigenvalue weighted by molar-refractivity contribution is 5.98. The highest BCUT2D eigenvalue weighted by atomic mass is 16.4. The van der Waals surface area contributed by atoms with Gasteiger partial charge in [-0.15, -0.1) is 0 Å². The Labute approximate surface area is 345 Å². The number of carbonyl (C=O) groups excluding carboxylic acids is 7. The van der Waals surface area contributed by atoms with Crippen molar-refractivity contribution in [3.8, 4) is 0 Å². The number of nitrogens with one attached hydrogen (secondary N) is 6. The first-order valence-electron chi connectivity index (χ1n) is 19.8. The highest BCUT2D eigenvalue weighted by Gasteiger charge is 2.35. The maximum absolute atomic E-state index is 14.1. The molecule has 0 saturated carbocycles. The van der Waals surface area contributed by atoms with E-state index in [9.17, 15) is 38.4 Å². The van der Waals surface area contributed by atoms with E-state index in [0.717, 1.165) is 0 Å². The maximum atomic E-state index is 14.1. The normalized spacial score (nSPS) is 14.6. The van der Waals surface area contributed by atoms with Crippen LogP contribution in [0.15, 0.2) is 35.3 Å². The van der Waals surface area contributed by atoms with Crippen LogP contribution in [-0.4, -0.2) is 108 Å². The van der Waals surface area contributed by atoms with Gasteiger partial charge in [0.15, 0.2) is 5.96 Å². The maximum Gasteiger partial charge on any atom is 0.322 e. The molecule has 330 valence electrons. The van der Waals surface area contributed by atoms with Crippen LogP contribution in [0.3, 0.4) is 0 Å². The molecule has 7 amide bonds. The summed E-state index contributed by atoms with van der Waals surface area (Å²) >= 11 is 0. The summed E-state index contributed by atoms with van der Waals surface area (Å²) in [5.74, 6) is -7.53. The number of aliphatic carboxylic acids is 1. The number of hydrogen-bond donors (Lipinski definition) is 11. The van der Waals surface area contributed by atoms with Crippen LogP contribution >= 0.6 is 0 Å². The number of rotatable bonds is 27. The zero-order valence-corrected chi connectivity index (χ0v) is 34.9. The lowest BCUT2D eigenvalue weighted by Crippen LogP contribution is -2.61. The third-order valence-corrected chi connectivity index (χ3v) is 9.14. The first kappa shape index (κ1) is 51.2. The van der Waals surface area contributed by atoms with Gasteiger partial charge in [0.2, 0.25) is 41.4 Å². The van der Waals surface area contributed by atoms with Crippen molar-refractivity contribution >= 4 is 53.3 Å². The van der Waals surface area contributed by atoms with Gasteiger partial charge in [0.1, 0.15) is 36.8 Å². The number of hydrogen-bond acceptors (Lipinski definition) is 10. The molecule has 0 aromatic heterocycles. The van der Waals surface area contributed by atoms with Crippen molar-refractivity contribution in [2.45, 2.75) is 123 Å². The molecule has 0 fully saturated rings. The van der Waals surface area contributed by atoms with Gasteiger partial charge in [-0.05, 0) is 49.0 Å². The van der Waals surface area contributed by atoms with Crippen LogP contribution in [0.5, 0.6) is 0 Å². The molecule has 59 heavy (non-hydrogen) atoms. The summed E-state index contributed by atoms with van der Waals surface area (Å²) in [7, 11) is 0. The number of nitrogens with two attached hydrogens (primary N) is 4. The Balaban J connectivity index is 3.48. The average Bonchev–Trinajstić information content (AvgIpc) is 3.15. The van der Waals surface area contributed by atoms with Gasteiger partial charge in [0.05, 0.1) is 12.5 Å². The van der Waals surface area contributed by atoms with Crippen molar-refractivity contribution in [3.05, 3.63) is 35.9 Å². The fourth-order valence-electron chi connectivity index (χ4n) is 5.89. The lowest BCUT2D eigenvalue weighted by Gasteiger charge is -2.29. The van der Waals surface area contributed by atoms with Crippen molar-refractivity contribution in [1.29, 1.82) is 0 Å². The number of nitrogens with zero attached hydrogens (tertiary/aromatic N) is 1. The van der Waals surface area contributed by atoms with E-state index in [0.29, 0.717) is 18.4 Å². The van der Waals surface area contributed by atoms with E-state index in [2.05, 4.69) is 36.9 Å². The monoisotopic (exact) mass is 831 g/mol. The number of aliphatic imine (C=N–C) groups is 1. The Morgan fingerprint density at radius 2 is 1.22 bits per heavy atom. The smallest absolute Gasteiger partial charge is 0.322 e. The van der Waals surface area contributed by atoms with Crippen LogP contribution in [0.25, 0.3) is 0 Å². The lowest BCUT2D eigenvalue weighted by molar-refractivity contribution is -0.138. The number of carboxylic acids is 1. The zero-order valence-electron chi connectivity index (χ0n) is 34.9. The van der Waals surface area contributed by atoms with Crippen LogP contribution in [0.4, 0.5) is 0 Å². The van der Waals surface area contributed by atoms with E-state index in [-0.39, 0.29) is 50.0 Å². The fraction of sp³-hybridized carbons (Fsp3) is 0.615. The zero-order chi connectivity index (χ0) is 44.8. The second kappa shape index (κ2) is 26.3. The summed E-state index contributed by atoms with van der Waals surface area (Å²) in [5, 5.41) is 24.4. The molecule has 0 saturated heterocycles. The Hall–Kier alpha value is -5.79. The van der Waals surface area contributed by atoms with Gasteiger partial charge in [0.25, 0.3) is 0 Å². The molecule has 7 atom stereocenters. The minimum absolute atomic E-state index is 0.0119. The average molecular weight is 832 g/mol. The van der Waals surface area contributed by atoms with E-state index >= 15 is 0 Å². The predicted octanol–water partition coefficient (Wildman–Crippen LogP) is -1.75. The number of carbonyl (C=O) groups is 8. The number of carboxylic acid groups (broad SMARTS) is 1. The molecule has 1 rings (SSSR count). The van der Waals surface area contributed by atoms with E-state index in [1.54, 1.807) is 44.2 Å². The van der Waals surface area contributed by atoms with Crippen molar-refractivity contribution in [1.82, 2.24) is 31.9 Å². The topological polar surface area (TPSA) is 345 Å². The predicted molar refractivity (Wildman–Crippen MR) is 221 cm³/mol. The Morgan fingerprint density at radius 3 is 1.76 bits per heavy atom. The molecular formula is C39H65N11O9. The second-order valence-electron chi connectivity index (χ2n) is 15.4. The second-order valence-corrected chi connectivity index (χ2v) is 15.4. The molecule has 20 nitrogen and oxygen atoms in total. The van der Waals surface area contributed by atoms with E-state index in [1.807, 2.05) is 27.7 Å². The third kappa shape index (κ3) is 20.5. The van der Waals surface area contributed by atoms with Crippen LogP contribution in [0.2, 0.25) is 0 Å². The standard InChI is InChI=1S/C39H65N11O9/c1-7-23(6)32(38(59)49-28(18-24-12-9-8-10-13-24)36(57)48-27(17-22(4)5)34(55)45-20-31(52)53)50-35(56)26(14-11-15-44-39(42)43)46-37(58)29(19-30(41)51)47-33(54)25(40)16-21(2)3/h8-10,12-13,21-23,25-29,32H,7,11,14-20,40H2,1-6H3,(H2,41,51)(H,45,55)(H,46,58)(H,47,54)(H,48,57)(H,49,59)(H,50,56)(H,52,53)(H4,42,43,44)/t23-,25-,26-,27-,28-,29-,32-/m0/s1. The first-order valence-corrected chi connectivity index (χ1v) is 19.8. The molecule has 1 aromatic carbocycles. The molecular weight excluding hydrogens is 766 g/mol. The largest absolute Gasteiger partial charge is 0.480 e. The SMILES string of the molecule is CC[C@H](C)[C@H](NC(=O)[C@H](CCCN=C(N)N)NC(=O)[C@H](CC(N)=O)NC(=O)[C@@H](N)CC(C)C)C(=O)N[C@@H](Cc1ccccc1)C(=O)N[C@@H](CC(C)C)C(=O)NCC(=O)O. The summed E-state index contributed by atoms with van der Waals surface area (Å²) in [4.78, 5) is 108. The third-order valence-electron chi connectivity index (χ3n) is 9.14. The number of benzene rings is 1. The van der Waals surface area contributed by atoms with Crippen LogP contribution < -0.4 is 54.8 Å². The minimum atomic E-state index is -1.48. The summed E-state index contributed by atoms with van der Waals surface area (Å²) < 4.78 is 0. The summed E-state index contributed by atoms with van der Waals surface area (Å²) in [5.41, 5.74) is 23.0. The van der Waals surface area contributed by atoms with Crippen LogP contribution in [-0.2, 0) is 44.8 Å². The Kier molecular flexibility index (Phi) is 22.8. The quantitative estimate of drug-likeness (QED) is 0.0267. The van der Waals surface area contributed by atoms with E-state index < -0.39 is 102 Å². The molecule has 0 radical (unpaired) electrons. The molecule has 15 N–H and O–H groups in total. The summed E-state index contributed by atoms with van der Waals surface area (Å²) in [6.07, 6.45) is 0.365. The first-order chi connectivity index (χ1) is 27.6. The Bertz CT molecular complexity index is 1600.